The molecule has 0 bridgehead atoms. The van der Waals surface area contributed by atoms with Gasteiger partial charge in [0.1, 0.15) is 5.82 Å². The van der Waals surface area contributed by atoms with Crippen molar-refractivity contribution in [2.45, 2.75) is 6.92 Å². The predicted molar refractivity (Wildman–Crippen MR) is 73.7 cm³/mol. The lowest BCUT2D eigenvalue weighted by molar-refractivity contribution is -0.144. The molecular weight excluding hydrogens is 261 g/mol. The van der Waals surface area contributed by atoms with Crippen molar-refractivity contribution in [3.05, 3.63) is 30.1 Å². The summed E-state index contributed by atoms with van der Waals surface area (Å²) in [6.45, 7) is 5.56. The molecule has 0 unspecified atom stereocenters. The third-order valence-corrected chi connectivity index (χ3v) is 3.42. The molecule has 1 aliphatic rings. The molecule has 1 aromatic carbocycles. The molecule has 1 saturated heterocycles. The first kappa shape index (κ1) is 14.5. The fourth-order valence-electron chi connectivity index (χ4n) is 2.15. The second-order valence-corrected chi connectivity index (χ2v) is 4.66. The van der Waals surface area contributed by atoms with Crippen molar-refractivity contribution in [3.63, 3.8) is 0 Å². The Labute approximate surface area is 117 Å². The Bertz CT molecular complexity index is 499. The number of amides is 2. The van der Waals surface area contributed by atoms with Gasteiger partial charge in [-0.2, -0.15) is 0 Å². The van der Waals surface area contributed by atoms with Gasteiger partial charge in [0.05, 0.1) is 5.69 Å². The van der Waals surface area contributed by atoms with Gasteiger partial charge in [0.2, 0.25) is 0 Å². The van der Waals surface area contributed by atoms with E-state index in [4.69, 9.17) is 0 Å². The zero-order valence-corrected chi connectivity index (χ0v) is 11.4. The quantitative estimate of drug-likeness (QED) is 0.819. The highest BCUT2D eigenvalue weighted by atomic mass is 19.1. The Kier molecular flexibility index (Phi) is 4.68. The summed E-state index contributed by atoms with van der Waals surface area (Å²) >= 11 is 0. The molecule has 0 aliphatic carbocycles. The second kappa shape index (κ2) is 6.47. The number of carbonyl (C=O) groups excluding carboxylic acids is 2. The summed E-state index contributed by atoms with van der Waals surface area (Å²) in [5, 5.41) is 2.31. The number of carbonyl (C=O) groups is 2. The van der Waals surface area contributed by atoms with Crippen LogP contribution in [0.1, 0.15) is 6.92 Å². The van der Waals surface area contributed by atoms with E-state index in [-0.39, 0.29) is 5.69 Å². The van der Waals surface area contributed by atoms with E-state index >= 15 is 0 Å². The number of hydrogen-bond donors (Lipinski definition) is 1. The fraction of sp³-hybridized carbons (Fsp3) is 0.429. The van der Waals surface area contributed by atoms with Crippen LogP contribution in [0.3, 0.4) is 0 Å². The van der Waals surface area contributed by atoms with E-state index in [9.17, 15) is 14.0 Å². The number of likely N-dealkylation sites (N-methyl/N-ethyl adjacent to an activating group) is 1. The zero-order chi connectivity index (χ0) is 14.5. The molecule has 2 amide bonds. The van der Waals surface area contributed by atoms with Crippen LogP contribution in [0.2, 0.25) is 0 Å². The number of anilines is 1. The van der Waals surface area contributed by atoms with Gasteiger partial charge >= 0.3 is 11.8 Å². The van der Waals surface area contributed by atoms with Crippen molar-refractivity contribution in [2.75, 3.05) is 38.0 Å². The summed E-state index contributed by atoms with van der Waals surface area (Å²) in [6.07, 6.45) is 0. The summed E-state index contributed by atoms with van der Waals surface area (Å²) in [5.41, 5.74) is 0.0260. The molecule has 0 spiro atoms. The van der Waals surface area contributed by atoms with Crippen molar-refractivity contribution < 1.29 is 14.0 Å². The second-order valence-electron chi connectivity index (χ2n) is 4.66. The van der Waals surface area contributed by atoms with E-state index in [1.165, 1.54) is 23.1 Å². The Morgan fingerprint density at radius 1 is 1.20 bits per heavy atom. The van der Waals surface area contributed by atoms with Crippen LogP contribution in [-0.2, 0) is 9.59 Å². The van der Waals surface area contributed by atoms with Crippen molar-refractivity contribution in [2.24, 2.45) is 0 Å². The maximum atomic E-state index is 13.4. The summed E-state index contributed by atoms with van der Waals surface area (Å²) in [7, 11) is 0. The van der Waals surface area contributed by atoms with Gasteiger partial charge in [0, 0.05) is 26.2 Å². The van der Waals surface area contributed by atoms with Crippen molar-refractivity contribution in [1.29, 1.82) is 0 Å². The lowest BCUT2D eigenvalue weighted by Crippen LogP contribution is -2.51. The van der Waals surface area contributed by atoms with Crippen LogP contribution >= 0.6 is 0 Å². The largest absolute Gasteiger partial charge is 0.332 e. The van der Waals surface area contributed by atoms with Crippen LogP contribution in [0.5, 0.6) is 0 Å². The van der Waals surface area contributed by atoms with Crippen LogP contribution < -0.4 is 5.32 Å². The number of rotatable bonds is 2. The summed E-state index contributed by atoms with van der Waals surface area (Å²) < 4.78 is 13.4. The first-order chi connectivity index (χ1) is 9.61. The van der Waals surface area contributed by atoms with Crippen molar-refractivity contribution >= 4 is 17.5 Å². The number of benzene rings is 1. The van der Waals surface area contributed by atoms with Gasteiger partial charge in [-0.3, -0.25) is 9.59 Å². The molecule has 6 heteroatoms. The summed E-state index contributed by atoms with van der Waals surface area (Å²) in [4.78, 5) is 27.5. The molecule has 1 aromatic rings. The van der Waals surface area contributed by atoms with E-state index in [1.54, 1.807) is 6.07 Å². The lowest BCUT2D eigenvalue weighted by atomic mass is 10.3. The van der Waals surface area contributed by atoms with Gasteiger partial charge in [0.15, 0.2) is 0 Å². The fourth-order valence-corrected chi connectivity index (χ4v) is 2.15. The first-order valence-electron chi connectivity index (χ1n) is 6.69. The third kappa shape index (κ3) is 3.33. The average molecular weight is 279 g/mol. The molecule has 20 heavy (non-hydrogen) atoms. The predicted octanol–water partition coefficient (Wildman–Crippen LogP) is 0.928. The minimum Gasteiger partial charge on any atom is -0.332 e. The SMILES string of the molecule is CCN1CCN(C(=O)C(=O)Nc2ccccc2F)CC1. The van der Waals surface area contributed by atoms with Crippen LogP contribution in [0.4, 0.5) is 10.1 Å². The maximum Gasteiger partial charge on any atom is 0.313 e. The van der Waals surface area contributed by atoms with Gasteiger partial charge in [-0.05, 0) is 18.7 Å². The Morgan fingerprint density at radius 3 is 2.45 bits per heavy atom. The molecule has 0 atom stereocenters. The molecule has 0 radical (unpaired) electrons. The third-order valence-electron chi connectivity index (χ3n) is 3.42. The van der Waals surface area contributed by atoms with Gasteiger partial charge < -0.3 is 15.1 Å². The molecule has 5 nitrogen and oxygen atoms in total. The number of para-hydroxylation sites is 1. The summed E-state index contributed by atoms with van der Waals surface area (Å²) in [6, 6.07) is 5.79. The lowest BCUT2D eigenvalue weighted by Gasteiger charge is -2.33. The monoisotopic (exact) mass is 279 g/mol. The molecule has 1 aliphatic heterocycles. The topological polar surface area (TPSA) is 52.7 Å². The minimum absolute atomic E-state index is 0.0260. The molecule has 1 heterocycles. The number of hydrogen-bond acceptors (Lipinski definition) is 3. The molecule has 2 rings (SSSR count). The molecule has 1 fully saturated rings. The first-order valence-corrected chi connectivity index (χ1v) is 6.69. The van der Waals surface area contributed by atoms with Crippen molar-refractivity contribution in [3.8, 4) is 0 Å². The standard InChI is InChI=1S/C14H18FN3O2/c1-2-17-7-9-18(10-8-17)14(20)13(19)16-12-6-4-3-5-11(12)15/h3-6H,2,7-10H2,1H3,(H,16,19). The average Bonchev–Trinajstić information content (AvgIpc) is 2.49. The van der Waals surface area contributed by atoms with Crippen LogP contribution in [-0.4, -0.2) is 54.3 Å². The molecular formula is C14H18FN3O2. The normalized spacial score (nSPS) is 16.0. The van der Waals surface area contributed by atoms with Gasteiger partial charge in [-0.1, -0.05) is 19.1 Å². The highest BCUT2D eigenvalue weighted by Crippen LogP contribution is 2.12. The molecule has 0 aromatic heterocycles. The summed E-state index contributed by atoms with van der Waals surface area (Å²) in [5.74, 6) is -1.95. The minimum atomic E-state index is -0.792. The molecule has 0 saturated carbocycles. The van der Waals surface area contributed by atoms with Gasteiger partial charge in [-0.25, -0.2) is 4.39 Å². The highest BCUT2D eigenvalue weighted by molar-refractivity contribution is 6.39. The van der Waals surface area contributed by atoms with E-state index in [0.717, 1.165) is 19.6 Å². The molecule has 1 N–H and O–H groups in total. The molecule has 108 valence electrons. The van der Waals surface area contributed by atoms with Crippen LogP contribution in [0.25, 0.3) is 0 Å². The Balaban J connectivity index is 1.93. The van der Waals surface area contributed by atoms with E-state index in [2.05, 4.69) is 17.1 Å². The highest BCUT2D eigenvalue weighted by Gasteiger charge is 2.25. The van der Waals surface area contributed by atoms with Crippen molar-refractivity contribution in [1.82, 2.24) is 9.80 Å². The smallest absolute Gasteiger partial charge is 0.313 e. The zero-order valence-electron chi connectivity index (χ0n) is 11.4. The van der Waals surface area contributed by atoms with Crippen LogP contribution in [0.15, 0.2) is 24.3 Å². The number of nitrogens with one attached hydrogen (secondary N) is 1. The van der Waals surface area contributed by atoms with Gasteiger partial charge in [0.25, 0.3) is 0 Å². The Morgan fingerprint density at radius 2 is 1.85 bits per heavy atom. The van der Waals surface area contributed by atoms with E-state index < -0.39 is 17.6 Å². The Hall–Kier alpha value is -1.95. The van der Waals surface area contributed by atoms with Gasteiger partial charge in [-0.15, -0.1) is 0 Å². The van der Waals surface area contributed by atoms with E-state index in [1.807, 2.05) is 0 Å². The number of piperazine rings is 1. The number of halogens is 1. The van der Waals surface area contributed by atoms with E-state index in [0.29, 0.717) is 13.1 Å². The number of nitrogens with zero attached hydrogens (tertiary/aromatic N) is 2. The maximum absolute atomic E-state index is 13.4. The van der Waals surface area contributed by atoms with Crippen LogP contribution in [0, 0.1) is 5.82 Å².